The van der Waals surface area contributed by atoms with Crippen molar-refractivity contribution in [3.63, 3.8) is 0 Å². The first-order valence-corrected chi connectivity index (χ1v) is 6.82. The van der Waals surface area contributed by atoms with E-state index in [0.29, 0.717) is 5.92 Å². The van der Waals surface area contributed by atoms with Crippen molar-refractivity contribution >= 4 is 11.9 Å². The maximum Gasteiger partial charge on any atom is 0.326 e. The molecule has 0 aromatic carbocycles. The van der Waals surface area contributed by atoms with Crippen molar-refractivity contribution in [3.8, 4) is 0 Å². The van der Waals surface area contributed by atoms with Crippen molar-refractivity contribution in [2.24, 2.45) is 17.3 Å². The Kier molecular flexibility index (Phi) is 4.77. The Morgan fingerprint density at radius 2 is 1.78 bits per heavy atom. The van der Waals surface area contributed by atoms with Gasteiger partial charge in [0.15, 0.2) is 0 Å². The summed E-state index contributed by atoms with van der Waals surface area (Å²) in [6, 6.07) is -0.776. The average molecular weight is 255 g/mol. The molecule has 4 nitrogen and oxygen atoms in total. The molecule has 4 heteroatoms. The van der Waals surface area contributed by atoms with Gasteiger partial charge in [0, 0.05) is 5.41 Å². The number of carbonyl (C=O) groups excluding carboxylic acids is 1. The van der Waals surface area contributed by atoms with Crippen LogP contribution in [0.5, 0.6) is 0 Å². The molecular formula is C14H25NO3. The van der Waals surface area contributed by atoms with E-state index in [1.54, 1.807) is 0 Å². The van der Waals surface area contributed by atoms with E-state index < -0.39 is 12.0 Å². The van der Waals surface area contributed by atoms with E-state index in [2.05, 4.69) is 19.2 Å². The Balaban J connectivity index is 2.70. The minimum absolute atomic E-state index is 0.0662. The molecule has 0 radical (unpaired) electrons. The van der Waals surface area contributed by atoms with E-state index in [1.807, 2.05) is 13.8 Å². The fourth-order valence-corrected chi connectivity index (χ4v) is 2.72. The molecule has 0 aliphatic heterocycles. The van der Waals surface area contributed by atoms with Crippen LogP contribution in [0.3, 0.4) is 0 Å². The quantitative estimate of drug-likeness (QED) is 0.766. The van der Waals surface area contributed by atoms with E-state index in [4.69, 9.17) is 5.11 Å². The zero-order valence-corrected chi connectivity index (χ0v) is 11.8. The van der Waals surface area contributed by atoms with E-state index in [1.165, 1.54) is 0 Å². The van der Waals surface area contributed by atoms with Crippen LogP contribution in [0, 0.1) is 17.3 Å². The molecule has 1 saturated carbocycles. The fourth-order valence-electron chi connectivity index (χ4n) is 2.72. The number of hydrogen-bond acceptors (Lipinski definition) is 2. The number of rotatable bonds is 6. The van der Waals surface area contributed by atoms with Crippen molar-refractivity contribution in [2.45, 2.75) is 59.4 Å². The van der Waals surface area contributed by atoms with Gasteiger partial charge >= 0.3 is 5.97 Å². The predicted molar refractivity (Wildman–Crippen MR) is 70.1 cm³/mol. The highest BCUT2D eigenvalue weighted by Crippen LogP contribution is 2.46. The summed E-state index contributed by atoms with van der Waals surface area (Å²) in [4.78, 5) is 23.4. The van der Waals surface area contributed by atoms with E-state index in [9.17, 15) is 9.59 Å². The van der Waals surface area contributed by atoms with Crippen LogP contribution in [0.2, 0.25) is 0 Å². The first-order valence-electron chi connectivity index (χ1n) is 6.82. The smallest absolute Gasteiger partial charge is 0.326 e. The van der Waals surface area contributed by atoms with Crippen LogP contribution in [0.15, 0.2) is 0 Å². The van der Waals surface area contributed by atoms with Gasteiger partial charge in [-0.15, -0.1) is 0 Å². The standard InChI is InChI=1S/C14H25NO3/c1-9(2)8-14(6-5-7-14)13(18)15-11(10(3)4)12(16)17/h9-11H,5-8H2,1-4H3,(H,15,18)(H,16,17). The molecule has 104 valence electrons. The predicted octanol–water partition coefficient (Wildman–Crippen LogP) is 2.43. The number of nitrogens with one attached hydrogen (secondary N) is 1. The minimum atomic E-state index is -0.947. The van der Waals surface area contributed by atoms with Crippen LogP contribution in [0.25, 0.3) is 0 Å². The lowest BCUT2D eigenvalue weighted by molar-refractivity contribution is -0.147. The monoisotopic (exact) mass is 255 g/mol. The maximum atomic E-state index is 12.3. The number of hydrogen-bond donors (Lipinski definition) is 2. The molecule has 0 spiro atoms. The molecule has 18 heavy (non-hydrogen) atoms. The summed E-state index contributed by atoms with van der Waals surface area (Å²) >= 11 is 0. The summed E-state index contributed by atoms with van der Waals surface area (Å²) in [6.07, 6.45) is 3.70. The number of aliphatic carboxylic acids is 1. The van der Waals surface area contributed by atoms with Crippen LogP contribution in [-0.2, 0) is 9.59 Å². The van der Waals surface area contributed by atoms with Gasteiger partial charge in [-0.3, -0.25) is 4.79 Å². The number of carbonyl (C=O) groups is 2. The summed E-state index contributed by atoms with van der Waals surface area (Å²) in [7, 11) is 0. The van der Waals surface area contributed by atoms with Gasteiger partial charge in [0.25, 0.3) is 0 Å². The van der Waals surface area contributed by atoms with E-state index >= 15 is 0 Å². The molecule has 1 fully saturated rings. The molecule has 0 saturated heterocycles. The molecule has 1 amide bonds. The first-order chi connectivity index (χ1) is 8.28. The van der Waals surface area contributed by atoms with Crippen LogP contribution in [0.1, 0.15) is 53.4 Å². The molecule has 2 N–H and O–H groups in total. The third kappa shape index (κ3) is 3.24. The molecule has 0 aromatic rings. The summed E-state index contributed by atoms with van der Waals surface area (Å²) < 4.78 is 0. The summed E-state index contributed by atoms with van der Waals surface area (Å²) in [5.74, 6) is -0.651. The highest BCUT2D eigenvalue weighted by Gasteiger charge is 2.45. The summed E-state index contributed by atoms with van der Waals surface area (Å²) in [5, 5.41) is 11.8. The van der Waals surface area contributed by atoms with Crippen molar-refractivity contribution < 1.29 is 14.7 Å². The topological polar surface area (TPSA) is 66.4 Å². The van der Waals surface area contributed by atoms with Crippen LogP contribution < -0.4 is 5.32 Å². The van der Waals surface area contributed by atoms with Crippen molar-refractivity contribution in [2.75, 3.05) is 0 Å². The lowest BCUT2D eigenvalue weighted by atomic mass is 9.64. The SMILES string of the molecule is CC(C)CC1(C(=O)NC(C(=O)O)C(C)C)CCC1. The molecule has 0 bridgehead atoms. The Hall–Kier alpha value is -1.06. The fraction of sp³-hybridized carbons (Fsp3) is 0.857. The normalized spacial score (nSPS) is 19.4. The highest BCUT2D eigenvalue weighted by molar-refractivity contribution is 5.88. The van der Waals surface area contributed by atoms with Gasteiger partial charge < -0.3 is 10.4 Å². The Morgan fingerprint density at radius 1 is 1.22 bits per heavy atom. The second-order valence-corrected chi connectivity index (χ2v) is 6.27. The zero-order valence-electron chi connectivity index (χ0n) is 11.8. The Morgan fingerprint density at radius 3 is 2.06 bits per heavy atom. The van der Waals surface area contributed by atoms with E-state index in [-0.39, 0.29) is 17.2 Å². The molecule has 1 unspecified atom stereocenters. The number of carboxylic acid groups (broad SMARTS) is 1. The number of amides is 1. The van der Waals surface area contributed by atoms with Gasteiger partial charge in [-0.1, -0.05) is 34.1 Å². The van der Waals surface area contributed by atoms with Crippen molar-refractivity contribution in [1.29, 1.82) is 0 Å². The second kappa shape index (κ2) is 5.72. The molecule has 0 heterocycles. The van der Waals surface area contributed by atoms with Crippen molar-refractivity contribution in [1.82, 2.24) is 5.32 Å². The molecular weight excluding hydrogens is 230 g/mol. The molecule has 1 rings (SSSR count). The van der Waals surface area contributed by atoms with Gasteiger partial charge in [-0.05, 0) is 31.1 Å². The Labute approximate surface area is 109 Å². The number of carboxylic acids is 1. The summed E-state index contributed by atoms with van der Waals surface area (Å²) in [5.41, 5.74) is -0.309. The lowest BCUT2D eigenvalue weighted by Gasteiger charge is -2.42. The lowest BCUT2D eigenvalue weighted by Crippen LogP contribution is -2.53. The third-order valence-corrected chi connectivity index (χ3v) is 3.81. The first kappa shape index (κ1) is 15.0. The molecule has 1 atom stereocenters. The third-order valence-electron chi connectivity index (χ3n) is 3.81. The van der Waals surface area contributed by atoms with Gasteiger partial charge in [0.05, 0.1) is 0 Å². The van der Waals surface area contributed by atoms with Gasteiger partial charge in [0.1, 0.15) is 6.04 Å². The van der Waals surface area contributed by atoms with E-state index in [0.717, 1.165) is 25.7 Å². The average Bonchev–Trinajstić information content (AvgIpc) is 2.18. The maximum absolute atomic E-state index is 12.3. The van der Waals surface area contributed by atoms with Crippen molar-refractivity contribution in [3.05, 3.63) is 0 Å². The second-order valence-electron chi connectivity index (χ2n) is 6.27. The van der Waals surface area contributed by atoms with Crippen LogP contribution in [0.4, 0.5) is 0 Å². The molecule has 1 aliphatic rings. The molecule has 0 aromatic heterocycles. The zero-order chi connectivity index (χ0) is 13.9. The largest absolute Gasteiger partial charge is 0.480 e. The van der Waals surface area contributed by atoms with Gasteiger partial charge in [0.2, 0.25) is 5.91 Å². The summed E-state index contributed by atoms with van der Waals surface area (Å²) in [6.45, 7) is 7.83. The molecule has 1 aliphatic carbocycles. The van der Waals surface area contributed by atoms with Gasteiger partial charge in [-0.25, -0.2) is 4.79 Å². The van der Waals surface area contributed by atoms with Crippen LogP contribution >= 0.6 is 0 Å². The highest BCUT2D eigenvalue weighted by atomic mass is 16.4. The minimum Gasteiger partial charge on any atom is -0.480 e. The van der Waals surface area contributed by atoms with Crippen LogP contribution in [-0.4, -0.2) is 23.0 Å². The Bertz CT molecular complexity index is 319. The van der Waals surface area contributed by atoms with Gasteiger partial charge in [-0.2, -0.15) is 0 Å².